The first kappa shape index (κ1) is 19.8. The number of hydrogen-bond acceptors (Lipinski definition) is 5. The molecule has 1 aromatic heterocycles. The van der Waals surface area contributed by atoms with Crippen LogP contribution in [-0.4, -0.2) is 50.3 Å². The molecule has 0 radical (unpaired) electrons. The summed E-state index contributed by atoms with van der Waals surface area (Å²) in [5, 5.41) is 1.22. The average Bonchev–Trinajstić information content (AvgIpc) is 3.15. The van der Waals surface area contributed by atoms with Crippen LogP contribution in [0.25, 0.3) is 10.9 Å². The number of ether oxygens (including phenoxy) is 3. The van der Waals surface area contributed by atoms with Crippen molar-refractivity contribution in [2.24, 2.45) is 11.8 Å². The maximum Gasteiger partial charge on any atom is 0.293 e. The molecule has 3 atom stereocenters. The smallest absolute Gasteiger partial charge is 0.293 e. The molecule has 0 saturated carbocycles. The van der Waals surface area contributed by atoms with Crippen LogP contribution < -0.4 is 4.74 Å². The van der Waals surface area contributed by atoms with Crippen LogP contribution >= 0.6 is 0 Å². The summed E-state index contributed by atoms with van der Waals surface area (Å²) in [5.74, 6) is 1.77. The number of aromatic nitrogens is 1. The summed E-state index contributed by atoms with van der Waals surface area (Å²) < 4.78 is 16.1. The van der Waals surface area contributed by atoms with Gasteiger partial charge in [-0.15, -0.1) is 0 Å². The van der Waals surface area contributed by atoms with E-state index in [1.54, 1.807) is 20.5 Å². The highest BCUT2D eigenvalue weighted by atomic mass is 16.5. The van der Waals surface area contributed by atoms with Gasteiger partial charge in [-0.1, -0.05) is 19.4 Å². The van der Waals surface area contributed by atoms with Crippen LogP contribution in [0.4, 0.5) is 0 Å². The van der Waals surface area contributed by atoms with E-state index in [-0.39, 0.29) is 0 Å². The highest BCUT2D eigenvalue weighted by molar-refractivity contribution is 5.91. The Hall–Kier alpha value is -2.47. The molecule has 1 N–H and O–H groups in total. The zero-order chi connectivity index (χ0) is 20.4. The van der Waals surface area contributed by atoms with Crippen LogP contribution in [0.1, 0.15) is 37.1 Å². The lowest BCUT2D eigenvalue weighted by Gasteiger charge is -2.46. The Kier molecular flexibility index (Phi) is 5.81. The molecule has 6 heteroatoms. The van der Waals surface area contributed by atoms with Crippen molar-refractivity contribution in [1.29, 1.82) is 0 Å². The van der Waals surface area contributed by atoms with Gasteiger partial charge in [-0.05, 0) is 42.4 Å². The predicted octanol–water partition coefficient (Wildman–Crippen LogP) is 3.83. The number of piperidine rings is 1. The number of carbonyl (C=O) groups excluding carboxylic acids is 1. The molecule has 2 aliphatic rings. The molecule has 3 heterocycles. The molecule has 0 amide bonds. The standard InChI is InChI=1S/C23H30N2O4/c1-4-15-11-25-9-8-17-22-19(6-5-7-21(22)28-3)24-23(17)20(25)10-18(15)16(12-27-2)13-29-14-26/h5-7,12,14-15,18,20,24H,4,8-11,13H2,1-3H3/b16-12-/t15-,18+,20+/m1/s1. The monoisotopic (exact) mass is 398 g/mol. The number of fused-ring (bicyclic) bond motifs is 5. The third-order valence-corrected chi connectivity index (χ3v) is 6.67. The molecule has 0 unspecified atom stereocenters. The van der Waals surface area contributed by atoms with Crippen molar-refractivity contribution in [3.8, 4) is 5.75 Å². The number of nitrogens with one attached hydrogen (secondary N) is 1. The lowest BCUT2D eigenvalue weighted by molar-refractivity contribution is -0.128. The number of methoxy groups -OCH3 is 2. The molecule has 0 spiro atoms. The molecule has 2 aromatic rings. The van der Waals surface area contributed by atoms with Gasteiger partial charge in [-0.2, -0.15) is 0 Å². The summed E-state index contributed by atoms with van der Waals surface area (Å²) in [5.41, 5.74) is 4.89. The Morgan fingerprint density at radius 3 is 2.93 bits per heavy atom. The highest BCUT2D eigenvalue weighted by Crippen LogP contribution is 2.46. The van der Waals surface area contributed by atoms with Crippen molar-refractivity contribution < 1.29 is 19.0 Å². The maximum atomic E-state index is 10.8. The van der Waals surface area contributed by atoms with Gasteiger partial charge >= 0.3 is 0 Å². The minimum absolute atomic E-state index is 0.290. The van der Waals surface area contributed by atoms with Crippen molar-refractivity contribution in [2.75, 3.05) is 33.9 Å². The summed E-state index contributed by atoms with van der Waals surface area (Å²) in [6.07, 6.45) is 4.87. The van der Waals surface area contributed by atoms with E-state index in [1.165, 1.54) is 16.6 Å². The van der Waals surface area contributed by atoms with E-state index in [0.29, 0.717) is 31.0 Å². The van der Waals surface area contributed by atoms with E-state index in [9.17, 15) is 4.79 Å². The second-order valence-corrected chi connectivity index (χ2v) is 8.01. The van der Waals surface area contributed by atoms with E-state index in [1.807, 2.05) is 12.1 Å². The quantitative estimate of drug-likeness (QED) is 0.567. The zero-order valence-corrected chi connectivity index (χ0v) is 17.4. The van der Waals surface area contributed by atoms with Crippen molar-refractivity contribution in [3.05, 3.63) is 41.3 Å². The van der Waals surface area contributed by atoms with Gasteiger partial charge in [-0.25, -0.2) is 0 Å². The normalized spacial score (nSPS) is 24.7. The third-order valence-electron chi connectivity index (χ3n) is 6.67. The molecular weight excluding hydrogens is 368 g/mol. The van der Waals surface area contributed by atoms with Gasteiger partial charge in [0.2, 0.25) is 0 Å². The summed E-state index contributed by atoms with van der Waals surface area (Å²) >= 11 is 0. The summed E-state index contributed by atoms with van der Waals surface area (Å²) in [7, 11) is 3.39. The zero-order valence-electron chi connectivity index (χ0n) is 17.4. The molecule has 156 valence electrons. The van der Waals surface area contributed by atoms with Gasteiger partial charge < -0.3 is 19.2 Å². The molecule has 1 fully saturated rings. The number of rotatable bonds is 7. The van der Waals surface area contributed by atoms with Gasteiger partial charge in [-0.3, -0.25) is 9.69 Å². The molecule has 29 heavy (non-hydrogen) atoms. The van der Waals surface area contributed by atoms with Crippen LogP contribution in [0.3, 0.4) is 0 Å². The minimum atomic E-state index is 0.290. The third kappa shape index (κ3) is 3.50. The predicted molar refractivity (Wildman–Crippen MR) is 112 cm³/mol. The largest absolute Gasteiger partial charge is 0.504 e. The molecule has 0 aliphatic carbocycles. The summed E-state index contributed by atoms with van der Waals surface area (Å²) in [4.78, 5) is 17.1. The van der Waals surface area contributed by atoms with E-state index in [2.05, 4.69) is 22.9 Å². The van der Waals surface area contributed by atoms with Crippen molar-refractivity contribution in [2.45, 2.75) is 32.2 Å². The number of aromatic amines is 1. The maximum absolute atomic E-state index is 10.8. The van der Waals surface area contributed by atoms with E-state index in [0.717, 1.165) is 49.2 Å². The Morgan fingerprint density at radius 1 is 1.34 bits per heavy atom. The number of nitrogens with zero attached hydrogens (tertiary/aromatic N) is 1. The molecule has 1 saturated heterocycles. The summed E-state index contributed by atoms with van der Waals surface area (Å²) in [6.45, 7) is 5.15. The fourth-order valence-corrected chi connectivity index (χ4v) is 5.33. The first-order chi connectivity index (χ1) is 14.2. The lowest BCUT2D eigenvalue weighted by atomic mass is 9.74. The Bertz CT molecular complexity index is 904. The van der Waals surface area contributed by atoms with E-state index in [4.69, 9.17) is 14.2 Å². The Balaban J connectivity index is 1.72. The topological polar surface area (TPSA) is 63.8 Å². The van der Waals surface area contributed by atoms with Crippen molar-refractivity contribution in [3.63, 3.8) is 0 Å². The van der Waals surface area contributed by atoms with Crippen LogP contribution in [0, 0.1) is 11.8 Å². The first-order valence-electron chi connectivity index (χ1n) is 10.4. The molecule has 4 rings (SSSR count). The Morgan fingerprint density at radius 2 is 2.21 bits per heavy atom. The van der Waals surface area contributed by atoms with Gasteiger partial charge in [0.25, 0.3) is 6.47 Å². The minimum Gasteiger partial charge on any atom is -0.504 e. The number of hydrogen-bond donors (Lipinski definition) is 1. The van der Waals surface area contributed by atoms with Gasteiger partial charge in [0.05, 0.1) is 26.5 Å². The lowest BCUT2D eigenvalue weighted by Crippen LogP contribution is -2.46. The van der Waals surface area contributed by atoms with Crippen LogP contribution in [0.5, 0.6) is 5.75 Å². The van der Waals surface area contributed by atoms with Gasteiger partial charge in [0, 0.05) is 35.3 Å². The van der Waals surface area contributed by atoms with E-state index < -0.39 is 0 Å². The van der Waals surface area contributed by atoms with Crippen LogP contribution in [-0.2, 0) is 20.7 Å². The first-order valence-corrected chi connectivity index (χ1v) is 10.4. The van der Waals surface area contributed by atoms with Crippen LogP contribution in [0.15, 0.2) is 30.0 Å². The fraction of sp³-hybridized carbons (Fsp3) is 0.522. The van der Waals surface area contributed by atoms with Crippen molar-refractivity contribution >= 4 is 17.4 Å². The second kappa shape index (κ2) is 8.49. The van der Waals surface area contributed by atoms with Crippen LogP contribution in [0.2, 0.25) is 0 Å². The number of benzene rings is 1. The number of carbonyl (C=O) groups is 1. The highest BCUT2D eigenvalue weighted by Gasteiger charge is 2.41. The molecule has 2 aliphatic heterocycles. The molecule has 1 aromatic carbocycles. The number of H-pyrrole nitrogens is 1. The van der Waals surface area contributed by atoms with Gasteiger partial charge in [0.1, 0.15) is 12.4 Å². The van der Waals surface area contributed by atoms with Crippen molar-refractivity contribution in [1.82, 2.24) is 9.88 Å². The molecule has 6 nitrogen and oxygen atoms in total. The summed E-state index contributed by atoms with van der Waals surface area (Å²) in [6, 6.07) is 6.52. The average molecular weight is 399 g/mol. The molecule has 0 bridgehead atoms. The van der Waals surface area contributed by atoms with Gasteiger partial charge in [0.15, 0.2) is 0 Å². The second-order valence-electron chi connectivity index (χ2n) is 8.01. The molecular formula is C23H30N2O4. The fourth-order valence-electron chi connectivity index (χ4n) is 5.33. The van der Waals surface area contributed by atoms with E-state index >= 15 is 0 Å². The SMILES string of the molecule is CC[C@@H]1CN2CCc3c([nH]c4cccc(OC)c34)[C@@H]2C[C@@H]1/C(=C\OC)COC=O. The Labute approximate surface area is 171 Å².